The number of nitrogens with zero attached hydrogens (tertiary/aromatic N) is 1. The highest BCUT2D eigenvalue weighted by atomic mass is 35.5. The van der Waals surface area contributed by atoms with Crippen LogP contribution in [-0.4, -0.2) is 42.5 Å². The molecule has 37 heavy (non-hydrogen) atoms. The second kappa shape index (κ2) is 12.6. The monoisotopic (exact) mass is 521 g/mol. The maximum atomic E-state index is 13.7. The van der Waals surface area contributed by atoms with Crippen LogP contribution in [0, 0.1) is 0 Å². The summed E-state index contributed by atoms with van der Waals surface area (Å²) in [7, 11) is 1.59. The van der Waals surface area contributed by atoms with E-state index in [2.05, 4.69) is 5.32 Å². The highest BCUT2D eigenvalue weighted by molar-refractivity contribution is 6.31. The largest absolute Gasteiger partial charge is 0.497 e. The van der Waals surface area contributed by atoms with Gasteiger partial charge in [0.15, 0.2) is 6.61 Å². The van der Waals surface area contributed by atoms with Gasteiger partial charge >= 0.3 is 0 Å². The Labute approximate surface area is 222 Å². The molecule has 2 atom stereocenters. The van der Waals surface area contributed by atoms with Crippen molar-refractivity contribution in [3.8, 4) is 11.5 Å². The average molecular weight is 522 g/mol. The number of amides is 2. The number of hydrogen-bond acceptors (Lipinski definition) is 5. The van der Waals surface area contributed by atoms with Crippen molar-refractivity contribution in [1.82, 2.24) is 4.90 Å². The third kappa shape index (κ3) is 7.02. The summed E-state index contributed by atoms with van der Waals surface area (Å²) < 4.78 is 10.8. The molecule has 0 aliphatic heterocycles. The number of nitrogens with one attached hydrogen (secondary N) is 1. The average Bonchev–Trinajstić information content (AvgIpc) is 2.93. The van der Waals surface area contributed by atoms with E-state index in [1.807, 2.05) is 23.1 Å². The van der Waals surface area contributed by atoms with Crippen molar-refractivity contribution in [2.75, 3.05) is 19.0 Å². The Morgan fingerprint density at radius 1 is 1.00 bits per heavy atom. The molecular weight excluding hydrogens is 490 g/mol. The summed E-state index contributed by atoms with van der Waals surface area (Å²) in [6, 6.07) is 21.2. The number of carbonyl (C=O) groups excluding carboxylic acids is 2. The minimum absolute atomic E-state index is 0.114. The Morgan fingerprint density at radius 2 is 1.73 bits per heavy atom. The number of benzene rings is 3. The smallest absolute Gasteiger partial charge is 0.262 e. The van der Waals surface area contributed by atoms with Gasteiger partial charge in [0.1, 0.15) is 11.5 Å². The molecule has 0 radical (unpaired) electrons. The fourth-order valence-electron chi connectivity index (χ4n) is 4.59. The second-order valence-electron chi connectivity index (χ2n) is 9.13. The summed E-state index contributed by atoms with van der Waals surface area (Å²) >= 11 is 6.56. The lowest BCUT2D eigenvalue weighted by Gasteiger charge is -2.38. The molecule has 8 heteroatoms. The normalized spacial score (nSPS) is 17.1. The molecule has 1 fully saturated rings. The minimum atomic E-state index is -0.294. The molecule has 0 heterocycles. The molecule has 0 saturated heterocycles. The SMILES string of the molecule is COc1ccc(C(=O)N(Cc2cc(NC(=O)COc3ccccc3)ccc2Cl)C2CCCCC2N)cc1. The minimum Gasteiger partial charge on any atom is -0.497 e. The van der Waals surface area contributed by atoms with E-state index in [-0.39, 0.29) is 37.0 Å². The van der Waals surface area contributed by atoms with E-state index < -0.39 is 0 Å². The molecule has 0 spiro atoms. The van der Waals surface area contributed by atoms with Crippen LogP contribution in [0.4, 0.5) is 5.69 Å². The Morgan fingerprint density at radius 3 is 2.43 bits per heavy atom. The van der Waals surface area contributed by atoms with Crippen molar-refractivity contribution in [1.29, 1.82) is 0 Å². The van der Waals surface area contributed by atoms with E-state index in [0.717, 1.165) is 31.2 Å². The molecule has 3 N–H and O–H groups in total. The van der Waals surface area contributed by atoms with Crippen molar-refractivity contribution in [2.24, 2.45) is 5.73 Å². The van der Waals surface area contributed by atoms with Crippen molar-refractivity contribution in [3.63, 3.8) is 0 Å². The van der Waals surface area contributed by atoms with Gasteiger partial charge in [-0.25, -0.2) is 0 Å². The quantitative estimate of drug-likeness (QED) is 0.399. The van der Waals surface area contributed by atoms with Crippen LogP contribution < -0.4 is 20.5 Å². The molecule has 3 aromatic rings. The summed E-state index contributed by atoms with van der Waals surface area (Å²) in [6.45, 7) is 0.146. The van der Waals surface area contributed by atoms with Crippen molar-refractivity contribution in [2.45, 2.75) is 44.3 Å². The highest BCUT2D eigenvalue weighted by Crippen LogP contribution is 2.29. The Balaban J connectivity index is 1.52. The predicted molar refractivity (Wildman–Crippen MR) is 145 cm³/mol. The lowest BCUT2D eigenvalue weighted by atomic mass is 9.89. The molecule has 4 rings (SSSR count). The zero-order chi connectivity index (χ0) is 26.2. The molecule has 7 nitrogen and oxygen atoms in total. The first-order valence-corrected chi connectivity index (χ1v) is 12.8. The molecule has 2 unspecified atom stereocenters. The third-order valence-electron chi connectivity index (χ3n) is 6.56. The van der Waals surface area contributed by atoms with Crippen LogP contribution in [0.2, 0.25) is 5.02 Å². The van der Waals surface area contributed by atoms with Crippen LogP contribution in [0.3, 0.4) is 0 Å². The van der Waals surface area contributed by atoms with Gasteiger partial charge in [-0.2, -0.15) is 0 Å². The summed E-state index contributed by atoms with van der Waals surface area (Å²) in [4.78, 5) is 28.0. The summed E-state index contributed by atoms with van der Waals surface area (Å²) in [5.74, 6) is 0.885. The van der Waals surface area contributed by atoms with E-state index in [9.17, 15) is 9.59 Å². The van der Waals surface area contributed by atoms with Crippen molar-refractivity contribution in [3.05, 3.63) is 88.9 Å². The van der Waals surface area contributed by atoms with Gasteiger partial charge in [0.2, 0.25) is 0 Å². The van der Waals surface area contributed by atoms with Gasteiger partial charge in [0, 0.05) is 34.9 Å². The van der Waals surface area contributed by atoms with Gasteiger partial charge < -0.3 is 25.4 Å². The number of methoxy groups -OCH3 is 1. The van der Waals surface area contributed by atoms with Crippen LogP contribution >= 0.6 is 11.6 Å². The molecule has 1 saturated carbocycles. The second-order valence-corrected chi connectivity index (χ2v) is 9.54. The summed E-state index contributed by atoms with van der Waals surface area (Å²) in [6.07, 6.45) is 3.75. The van der Waals surface area contributed by atoms with Crippen molar-refractivity contribution >= 4 is 29.1 Å². The van der Waals surface area contributed by atoms with Crippen LogP contribution in [0.15, 0.2) is 72.8 Å². The highest BCUT2D eigenvalue weighted by Gasteiger charge is 2.32. The molecule has 1 aliphatic carbocycles. The van der Waals surface area contributed by atoms with Gasteiger partial charge in [-0.1, -0.05) is 42.6 Å². The predicted octanol–water partition coefficient (Wildman–Crippen LogP) is 5.28. The van der Waals surface area contributed by atoms with Gasteiger partial charge in [-0.15, -0.1) is 0 Å². The zero-order valence-electron chi connectivity index (χ0n) is 20.9. The number of halogens is 1. The van der Waals surface area contributed by atoms with E-state index in [0.29, 0.717) is 27.8 Å². The molecule has 194 valence electrons. The van der Waals surface area contributed by atoms with E-state index in [1.54, 1.807) is 61.7 Å². The first kappa shape index (κ1) is 26.5. The van der Waals surface area contributed by atoms with Crippen LogP contribution in [0.1, 0.15) is 41.6 Å². The summed E-state index contributed by atoms with van der Waals surface area (Å²) in [5.41, 5.74) is 8.35. The van der Waals surface area contributed by atoms with E-state index in [1.165, 1.54) is 0 Å². The fourth-order valence-corrected chi connectivity index (χ4v) is 4.76. The van der Waals surface area contributed by atoms with Gasteiger partial charge in [-0.05, 0) is 73.0 Å². The lowest BCUT2D eigenvalue weighted by Crippen LogP contribution is -2.51. The van der Waals surface area contributed by atoms with Crippen LogP contribution in [0.5, 0.6) is 11.5 Å². The van der Waals surface area contributed by atoms with Crippen molar-refractivity contribution < 1.29 is 19.1 Å². The number of hydrogen-bond donors (Lipinski definition) is 2. The third-order valence-corrected chi connectivity index (χ3v) is 6.93. The molecular formula is C29H32ClN3O4. The number of para-hydroxylation sites is 1. The Kier molecular flexibility index (Phi) is 9.04. The Hall–Kier alpha value is -3.55. The molecule has 1 aliphatic rings. The molecule has 2 amide bonds. The first-order valence-electron chi connectivity index (χ1n) is 12.4. The number of anilines is 1. The van der Waals surface area contributed by atoms with Gasteiger partial charge in [0.25, 0.3) is 11.8 Å². The van der Waals surface area contributed by atoms with Gasteiger partial charge in [0.05, 0.1) is 7.11 Å². The van der Waals surface area contributed by atoms with E-state index in [4.69, 9.17) is 26.8 Å². The Bertz CT molecular complexity index is 1200. The number of ether oxygens (including phenoxy) is 2. The first-order chi connectivity index (χ1) is 17.9. The van der Waals surface area contributed by atoms with Crippen LogP contribution in [-0.2, 0) is 11.3 Å². The maximum absolute atomic E-state index is 13.7. The topological polar surface area (TPSA) is 93.9 Å². The standard InChI is InChI=1S/C29H32ClN3O4/c1-36-23-14-11-20(12-15-23)29(35)33(27-10-6-5-9-26(27)31)18-21-17-22(13-16-25(21)30)32-28(34)19-37-24-7-3-2-4-8-24/h2-4,7-8,11-17,26-27H,5-6,9-10,18-19,31H2,1H3,(H,32,34). The fraction of sp³-hybridized carbons (Fsp3) is 0.310. The number of nitrogens with two attached hydrogens (primary N) is 1. The lowest BCUT2D eigenvalue weighted by molar-refractivity contribution is -0.118. The van der Waals surface area contributed by atoms with Gasteiger partial charge in [-0.3, -0.25) is 9.59 Å². The summed E-state index contributed by atoms with van der Waals surface area (Å²) in [5, 5.41) is 3.36. The molecule has 0 bridgehead atoms. The number of rotatable bonds is 9. The van der Waals surface area contributed by atoms with E-state index >= 15 is 0 Å². The molecule has 0 aromatic heterocycles. The number of carbonyl (C=O) groups is 2. The zero-order valence-corrected chi connectivity index (χ0v) is 21.6. The molecule has 3 aromatic carbocycles. The maximum Gasteiger partial charge on any atom is 0.262 e. The van der Waals surface area contributed by atoms with Crippen LogP contribution in [0.25, 0.3) is 0 Å².